The summed E-state index contributed by atoms with van der Waals surface area (Å²) in [6.45, 7) is 9.16. The van der Waals surface area contributed by atoms with Crippen molar-refractivity contribution in [1.29, 1.82) is 0 Å². The first-order valence-corrected chi connectivity index (χ1v) is 7.15. The van der Waals surface area contributed by atoms with E-state index in [-0.39, 0.29) is 17.3 Å². The summed E-state index contributed by atoms with van der Waals surface area (Å²) in [5.41, 5.74) is 0.176. The predicted molar refractivity (Wildman–Crippen MR) is 67.7 cm³/mol. The zero-order valence-electron chi connectivity index (χ0n) is 11.6. The lowest BCUT2D eigenvalue weighted by atomic mass is 9.49. The average Bonchev–Trinajstić information content (AvgIpc) is 2.28. The van der Waals surface area contributed by atoms with Crippen LogP contribution < -0.4 is 0 Å². The van der Waals surface area contributed by atoms with Crippen LogP contribution in [0.2, 0.25) is 0 Å². The van der Waals surface area contributed by atoms with E-state index in [2.05, 4.69) is 27.7 Å². The average molecular weight is 238 g/mol. The van der Waals surface area contributed by atoms with Crippen LogP contribution in [-0.2, 0) is 4.74 Å². The molecule has 3 aliphatic rings. The third-order valence-electron chi connectivity index (χ3n) is 6.03. The Hall–Kier alpha value is -0.0800. The molecule has 2 bridgehead atoms. The number of hydrogen-bond donors (Lipinski definition) is 1. The van der Waals surface area contributed by atoms with E-state index in [1.165, 1.54) is 19.3 Å². The van der Waals surface area contributed by atoms with Crippen LogP contribution in [0, 0.1) is 17.3 Å². The fourth-order valence-corrected chi connectivity index (χ4v) is 4.78. The van der Waals surface area contributed by atoms with Gasteiger partial charge < -0.3 is 9.84 Å². The van der Waals surface area contributed by atoms with E-state index < -0.39 is 0 Å². The number of aliphatic hydroxyl groups is 1. The largest absolute Gasteiger partial charge is 0.390 e. The maximum absolute atomic E-state index is 10.4. The molecule has 98 valence electrons. The molecule has 0 spiro atoms. The van der Waals surface area contributed by atoms with E-state index in [0.717, 1.165) is 18.8 Å². The van der Waals surface area contributed by atoms with Gasteiger partial charge in [-0.1, -0.05) is 13.8 Å². The summed E-state index contributed by atoms with van der Waals surface area (Å²) in [6, 6.07) is 0. The summed E-state index contributed by atoms with van der Waals surface area (Å²) < 4.78 is 6.41. The zero-order valence-corrected chi connectivity index (χ0v) is 11.6. The van der Waals surface area contributed by atoms with E-state index in [1.54, 1.807) is 0 Å². The molecule has 2 heterocycles. The Kier molecular flexibility index (Phi) is 2.30. The Morgan fingerprint density at radius 2 is 1.65 bits per heavy atom. The fraction of sp³-hybridized carbons (Fsp3) is 1.00. The minimum Gasteiger partial charge on any atom is -0.390 e. The highest BCUT2D eigenvalue weighted by Gasteiger charge is 2.62. The van der Waals surface area contributed by atoms with Crippen molar-refractivity contribution in [3.63, 3.8) is 0 Å². The standard InChI is InChI=1S/C15H26O2/c1-13(2)9-11-10(13)5-7-14(3)8-6-12(16)15(11,4)17-14/h10-12,16H,5-9H2,1-4H3. The summed E-state index contributed by atoms with van der Waals surface area (Å²) in [5, 5.41) is 10.4. The van der Waals surface area contributed by atoms with Gasteiger partial charge >= 0.3 is 0 Å². The van der Waals surface area contributed by atoms with Crippen LogP contribution in [0.3, 0.4) is 0 Å². The van der Waals surface area contributed by atoms with Crippen LogP contribution in [-0.4, -0.2) is 22.4 Å². The van der Waals surface area contributed by atoms with Crippen LogP contribution in [0.4, 0.5) is 0 Å². The van der Waals surface area contributed by atoms with Crippen molar-refractivity contribution in [3.05, 3.63) is 0 Å². The summed E-state index contributed by atoms with van der Waals surface area (Å²) in [7, 11) is 0. The van der Waals surface area contributed by atoms with Crippen molar-refractivity contribution < 1.29 is 9.84 Å². The Labute approximate surface area is 105 Å². The van der Waals surface area contributed by atoms with Gasteiger partial charge in [-0.25, -0.2) is 0 Å². The smallest absolute Gasteiger partial charge is 0.0950 e. The van der Waals surface area contributed by atoms with Gasteiger partial charge in [-0.15, -0.1) is 0 Å². The lowest BCUT2D eigenvalue weighted by Crippen LogP contribution is -2.62. The number of hydrogen-bond acceptors (Lipinski definition) is 2. The van der Waals surface area contributed by atoms with E-state index in [4.69, 9.17) is 4.74 Å². The normalized spacial score (nSPS) is 56.6. The first-order chi connectivity index (χ1) is 7.77. The van der Waals surface area contributed by atoms with Crippen LogP contribution in [0.25, 0.3) is 0 Å². The minimum atomic E-state index is -0.288. The van der Waals surface area contributed by atoms with Gasteiger partial charge in [0.25, 0.3) is 0 Å². The Morgan fingerprint density at radius 1 is 1.00 bits per heavy atom. The molecule has 3 fully saturated rings. The topological polar surface area (TPSA) is 29.5 Å². The molecular formula is C15H26O2. The molecule has 0 aromatic rings. The molecule has 2 saturated heterocycles. The summed E-state index contributed by atoms with van der Waals surface area (Å²) >= 11 is 0. The molecule has 1 aliphatic carbocycles. The molecule has 5 unspecified atom stereocenters. The van der Waals surface area contributed by atoms with Crippen LogP contribution >= 0.6 is 0 Å². The number of rotatable bonds is 0. The van der Waals surface area contributed by atoms with E-state index in [9.17, 15) is 5.11 Å². The molecule has 0 aromatic carbocycles. The quantitative estimate of drug-likeness (QED) is 0.702. The third kappa shape index (κ3) is 1.53. The van der Waals surface area contributed by atoms with Gasteiger partial charge in [0.15, 0.2) is 0 Å². The van der Waals surface area contributed by atoms with Gasteiger partial charge in [-0.2, -0.15) is 0 Å². The lowest BCUT2D eigenvalue weighted by molar-refractivity contribution is -0.262. The molecule has 17 heavy (non-hydrogen) atoms. The van der Waals surface area contributed by atoms with Crippen molar-refractivity contribution in [2.45, 2.75) is 77.1 Å². The Morgan fingerprint density at radius 3 is 2.29 bits per heavy atom. The van der Waals surface area contributed by atoms with E-state index in [1.807, 2.05) is 0 Å². The molecule has 0 aromatic heterocycles. The van der Waals surface area contributed by atoms with Gasteiger partial charge in [0, 0.05) is 0 Å². The van der Waals surface area contributed by atoms with Gasteiger partial charge in [0.1, 0.15) is 0 Å². The lowest BCUT2D eigenvalue weighted by Gasteiger charge is -2.59. The number of aliphatic hydroxyl groups excluding tert-OH is 1. The second-order valence-corrected chi connectivity index (χ2v) is 7.73. The molecular weight excluding hydrogens is 212 g/mol. The zero-order chi connectivity index (χ0) is 12.5. The monoisotopic (exact) mass is 238 g/mol. The number of fused-ring (bicyclic) bond motifs is 4. The van der Waals surface area contributed by atoms with Gasteiger partial charge in [0.05, 0.1) is 17.3 Å². The van der Waals surface area contributed by atoms with Crippen LogP contribution in [0.1, 0.15) is 59.8 Å². The van der Waals surface area contributed by atoms with Crippen molar-refractivity contribution in [2.24, 2.45) is 17.3 Å². The van der Waals surface area contributed by atoms with Crippen LogP contribution in [0.15, 0.2) is 0 Å². The maximum atomic E-state index is 10.4. The highest BCUT2D eigenvalue weighted by atomic mass is 16.5. The molecule has 2 heteroatoms. The molecule has 0 radical (unpaired) electrons. The third-order valence-corrected chi connectivity index (χ3v) is 6.03. The SMILES string of the molecule is CC12CCC3C(CC3(C)C)C(C)(O1)C(O)CC2. The molecule has 1 saturated carbocycles. The van der Waals surface area contributed by atoms with Gasteiger partial charge in [0.2, 0.25) is 0 Å². The maximum Gasteiger partial charge on any atom is 0.0950 e. The second kappa shape index (κ2) is 3.27. The summed E-state index contributed by atoms with van der Waals surface area (Å²) in [4.78, 5) is 0. The highest BCUT2D eigenvalue weighted by molar-refractivity contribution is 5.11. The van der Waals surface area contributed by atoms with Gasteiger partial charge in [-0.05, 0) is 63.2 Å². The molecule has 1 N–H and O–H groups in total. The first-order valence-electron chi connectivity index (χ1n) is 7.15. The summed E-state index contributed by atoms with van der Waals surface area (Å²) in [6.07, 6.45) is 5.31. The van der Waals surface area contributed by atoms with Gasteiger partial charge in [-0.3, -0.25) is 0 Å². The van der Waals surface area contributed by atoms with Crippen LogP contribution in [0.5, 0.6) is 0 Å². The van der Waals surface area contributed by atoms with Crippen molar-refractivity contribution in [3.8, 4) is 0 Å². The van der Waals surface area contributed by atoms with Crippen molar-refractivity contribution >= 4 is 0 Å². The molecule has 5 atom stereocenters. The highest BCUT2D eigenvalue weighted by Crippen LogP contribution is 2.62. The van der Waals surface area contributed by atoms with E-state index >= 15 is 0 Å². The van der Waals surface area contributed by atoms with E-state index in [0.29, 0.717) is 11.3 Å². The molecule has 0 amide bonds. The molecule has 2 aliphatic heterocycles. The fourth-order valence-electron chi connectivity index (χ4n) is 4.78. The summed E-state index contributed by atoms with van der Waals surface area (Å²) in [5.74, 6) is 1.30. The molecule has 2 nitrogen and oxygen atoms in total. The minimum absolute atomic E-state index is 0.0153. The second-order valence-electron chi connectivity index (χ2n) is 7.73. The number of ether oxygens (including phenoxy) is 1. The van der Waals surface area contributed by atoms with Crippen molar-refractivity contribution in [1.82, 2.24) is 0 Å². The Bertz CT molecular complexity index is 338. The Balaban J connectivity index is 1.96. The van der Waals surface area contributed by atoms with Crippen molar-refractivity contribution in [2.75, 3.05) is 0 Å². The molecule has 3 rings (SSSR count). The first kappa shape index (κ1) is 12.0. The predicted octanol–water partition coefficient (Wildman–Crippen LogP) is 3.13.